The van der Waals surface area contributed by atoms with Crippen molar-refractivity contribution >= 4 is 17.3 Å². The summed E-state index contributed by atoms with van der Waals surface area (Å²) < 4.78 is 28.2. The van der Waals surface area contributed by atoms with Gasteiger partial charge < -0.3 is 10.1 Å². The molecule has 1 aromatic heterocycles. The van der Waals surface area contributed by atoms with Crippen LogP contribution in [0.5, 0.6) is 5.75 Å². The fraction of sp³-hybridized carbons (Fsp3) is 0.154. The number of aromatic nitrogens is 1. The molecule has 1 N–H and O–H groups in total. The third-order valence-electron chi connectivity index (χ3n) is 2.40. The van der Waals surface area contributed by atoms with Gasteiger partial charge in [-0.3, -0.25) is 4.98 Å². The van der Waals surface area contributed by atoms with Gasteiger partial charge in [-0.25, -0.2) is 0 Å². The molecule has 0 atom stereocenters. The molecule has 3 nitrogen and oxygen atoms in total. The Morgan fingerprint density at radius 3 is 2.58 bits per heavy atom. The van der Waals surface area contributed by atoms with E-state index in [9.17, 15) is 8.78 Å². The van der Waals surface area contributed by atoms with Crippen molar-refractivity contribution in [2.45, 2.75) is 13.2 Å². The monoisotopic (exact) mass is 284 g/mol. The molecule has 1 heterocycles. The molecule has 0 saturated heterocycles. The molecule has 0 aliphatic carbocycles. The smallest absolute Gasteiger partial charge is 0.387 e. The van der Waals surface area contributed by atoms with E-state index in [1.165, 1.54) is 12.1 Å². The SMILES string of the molecule is FC(F)Oc1ccc(CNc2cnccc2Cl)cc1. The van der Waals surface area contributed by atoms with Gasteiger partial charge in [0, 0.05) is 12.7 Å². The number of nitrogens with one attached hydrogen (secondary N) is 1. The van der Waals surface area contributed by atoms with Gasteiger partial charge in [-0.1, -0.05) is 23.7 Å². The first-order valence-corrected chi connectivity index (χ1v) is 5.90. The van der Waals surface area contributed by atoms with Crippen LogP contribution in [0, 0.1) is 0 Å². The van der Waals surface area contributed by atoms with Crippen molar-refractivity contribution in [1.29, 1.82) is 0 Å². The molecule has 2 aromatic rings. The lowest BCUT2D eigenvalue weighted by Crippen LogP contribution is -2.03. The predicted molar refractivity (Wildman–Crippen MR) is 69.6 cm³/mol. The zero-order valence-electron chi connectivity index (χ0n) is 9.82. The molecule has 0 radical (unpaired) electrons. The van der Waals surface area contributed by atoms with Crippen molar-refractivity contribution in [1.82, 2.24) is 4.98 Å². The Morgan fingerprint density at radius 2 is 1.95 bits per heavy atom. The maximum absolute atomic E-state index is 12.0. The fourth-order valence-corrected chi connectivity index (χ4v) is 1.67. The molecule has 0 bridgehead atoms. The maximum atomic E-state index is 12.0. The van der Waals surface area contributed by atoms with E-state index in [0.29, 0.717) is 11.6 Å². The highest BCUT2D eigenvalue weighted by molar-refractivity contribution is 6.33. The van der Waals surface area contributed by atoms with Crippen molar-refractivity contribution in [2.24, 2.45) is 0 Å². The van der Waals surface area contributed by atoms with Gasteiger partial charge in [-0.2, -0.15) is 8.78 Å². The zero-order valence-corrected chi connectivity index (χ0v) is 10.6. The van der Waals surface area contributed by atoms with E-state index in [4.69, 9.17) is 11.6 Å². The summed E-state index contributed by atoms with van der Waals surface area (Å²) in [7, 11) is 0. The second kappa shape index (κ2) is 6.33. The van der Waals surface area contributed by atoms with E-state index in [1.54, 1.807) is 30.6 Å². The highest BCUT2D eigenvalue weighted by Crippen LogP contribution is 2.20. The number of benzene rings is 1. The third-order valence-corrected chi connectivity index (χ3v) is 2.73. The van der Waals surface area contributed by atoms with Crippen LogP contribution >= 0.6 is 11.6 Å². The van der Waals surface area contributed by atoms with Crippen LogP contribution in [0.2, 0.25) is 5.02 Å². The minimum atomic E-state index is -2.81. The lowest BCUT2D eigenvalue weighted by Gasteiger charge is -2.09. The minimum absolute atomic E-state index is 0.137. The molecule has 19 heavy (non-hydrogen) atoms. The molecule has 6 heteroatoms. The number of nitrogens with zero attached hydrogens (tertiary/aromatic N) is 1. The first kappa shape index (κ1) is 13.5. The van der Waals surface area contributed by atoms with E-state index in [-0.39, 0.29) is 5.75 Å². The lowest BCUT2D eigenvalue weighted by molar-refractivity contribution is -0.0498. The van der Waals surface area contributed by atoms with Crippen LogP contribution < -0.4 is 10.1 Å². The molecule has 0 saturated carbocycles. The van der Waals surface area contributed by atoms with Crippen molar-refractivity contribution in [3.63, 3.8) is 0 Å². The van der Waals surface area contributed by atoms with Crippen LogP contribution in [-0.4, -0.2) is 11.6 Å². The van der Waals surface area contributed by atoms with Crippen molar-refractivity contribution in [3.05, 3.63) is 53.3 Å². The number of alkyl halides is 2. The number of halogens is 3. The summed E-state index contributed by atoms with van der Waals surface area (Å²) in [4.78, 5) is 3.95. The van der Waals surface area contributed by atoms with Crippen molar-refractivity contribution in [2.75, 3.05) is 5.32 Å². The first-order valence-electron chi connectivity index (χ1n) is 5.52. The number of hydrogen-bond acceptors (Lipinski definition) is 3. The molecule has 0 amide bonds. The maximum Gasteiger partial charge on any atom is 0.387 e. The molecule has 0 aliphatic heterocycles. The average Bonchev–Trinajstić information content (AvgIpc) is 2.39. The summed E-state index contributed by atoms with van der Waals surface area (Å²) >= 11 is 5.97. The summed E-state index contributed by atoms with van der Waals surface area (Å²) in [5, 5.41) is 3.68. The van der Waals surface area contributed by atoms with E-state index < -0.39 is 6.61 Å². The van der Waals surface area contributed by atoms with Gasteiger partial charge in [0.1, 0.15) is 5.75 Å². The Balaban J connectivity index is 1.95. The molecule has 0 spiro atoms. The largest absolute Gasteiger partial charge is 0.435 e. The van der Waals surface area contributed by atoms with Gasteiger partial charge in [0.2, 0.25) is 0 Å². The summed E-state index contributed by atoms with van der Waals surface area (Å²) in [5.41, 5.74) is 1.64. The van der Waals surface area contributed by atoms with Crippen LogP contribution in [0.25, 0.3) is 0 Å². The molecular weight excluding hydrogens is 274 g/mol. The molecule has 1 aromatic carbocycles. The number of ether oxygens (including phenoxy) is 1. The van der Waals surface area contributed by atoms with Crippen LogP contribution in [0.4, 0.5) is 14.5 Å². The molecule has 0 fully saturated rings. The summed E-state index contributed by atoms with van der Waals surface area (Å²) in [6, 6.07) is 8.08. The third kappa shape index (κ3) is 4.06. The second-order valence-corrected chi connectivity index (χ2v) is 4.14. The van der Waals surface area contributed by atoms with Gasteiger partial charge in [0.15, 0.2) is 0 Å². The minimum Gasteiger partial charge on any atom is -0.435 e. The molecule has 0 unspecified atom stereocenters. The van der Waals surface area contributed by atoms with Crippen LogP contribution in [0.1, 0.15) is 5.56 Å². The van der Waals surface area contributed by atoms with Crippen LogP contribution in [0.3, 0.4) is 0 Å². The summed E-state index contributed by atoms with van der Waals surface area (Å²) in [5.74, 6) is 0.137. The highest BCUT2D eigenvalue weighted by Gasteiger charge is 2.04. The van der Waals surface area contributed by atoms with E-state index in [0.717, 1.165) is 11.3 Å². The summed E-state index contributed by atoms with van der Waals surface area (Å²) in [6.45, 7) is -2.29. The normalized spacial score (nSPS) is 10.5. The quantitative estimate of drug-likeness (QED) is 0.903. The molecular formula is C13H11ClF2N2O. The van der Waals surface area contributed by atoms with Gasteiger partial charge in [-0.15, -0.1) is 0 Å². The zero-order chi connectivity index (χ0) is 13.7. The Kier molecular flexibility index (Phi) is 4.52. The Morgan fingerprint density at radius 1 is 1.21 bits per heavy atom. The van der Waals surface area contributed by atoms with Crippen LogP contribution in [0.15, 0.2) is 42.7 Å². The van der Waals surface area contributed by atoms with Crippen LogP contribution in [-0.2, 0) is 6.54 Å². The van der Waals surface area contributed by atoms with Gasteiger partial charge >= 0.3 is 6.61 Å². The number of rotatable bonds is 5. The van der Waals surface area contributed by atoms with Crippen molar-refractivity contribution < 1.29 is 13.5 Å². The number of pyridine rings is 1. The average molecular weight is 285 g/mol. The first-order chi connectivity index (χ1) is 9.15. The number of hydrogen-bond donors (Lipinski definition) is 1. The molecule has 100 valence electrons. The Hall–Kier alpha value is -1.88. The predicted octanol–water partition coefficient (Wildman–Crippen LogP) is 3.95. The Labute approximate surface area is 114 Å². The van der Waals surface area contributed by atoms with Gasteiger partial charge in [0.25, 0.3) is 0 Å². The fourth-order valence-electron chi connectivity index (χ4n) is 1.49. The van der Waals surface area contributed by atoms with Gasteiger partial charge in [-0.05, 0) is 23.8 Å². The summed E-state index contributed by atoms with van der Waals surface area (Å²) in [6.07, 6.45) is 3.22. The van der Waals surface area contributed by atoms with E-state index in [2.05, 4.69) is 15.0 Å². The standard InChI is InChI=1S/C13H11ClF2N2O/c14-11-5-6-17-8-12(11)18-7-9-1-3-10(4-2-9)19-13(15)16/h1-6,8,13,18H,7H2. The lowest BCUT2D eigenvalue weighted by atomic mass is 10.2. The van der Waals surface area contributed by atoms with Crippen molar-refractivity contribution in [3.8, 4) is 5.75 Å². The van der Waals surface area contributed by atoms with E-state index >= 15 is 0 Å². The second-order valence-electron chi connectivity index (χ2n) is 3.73. The Bertz CT molecular complexity index is 534. The molecule has 2 rings (SSSR count). The highest BCUT2D eigenvalue weighted by atomic mass is 35.5. The van der Waals surface area contributed by atoms with Gasteiger partial charge in [0.05, 0.1) is 16.9 Å². The topological polar surface area (TPSA) is 34.1 Å². The van der Waals surface area contributed by atoms with E-state index in [1.807, 2.05) is 0 Å². The molecule has 0 aliphatic rings. The number of anilines is 1.